The van der Waals surface area contributed by atoms with E-state index in [2.05, 4.69) is 31.9 Å². The standard InChI is InChI=1S/C31H17Br2Cl2F5N4O6/c1-50-15-9-13(17(32)18(33)25(15)45)16-12-7-8-41-28(48)42(11-5-3-2-4-6-11)29(49)44(41)14(12)10-30(34)26(46)43(27(47)31(16,30)35)24-22(39)20(37)19(36)21(38)23(24)40/h2-7,9,14,16,45H,8,10H2,1H3. The molecule has 3 heterocycles. The summed E-state index contributed by atoms with van der Waals surface area (Å²) in [6, 6.07) is 7.69. The second-order valence-electron chi connectivity index (χ2n) is 11.5. The minimum absolute atomic E-state index is 0.0192. The highest BCUT2D eigenvalue weighted by atomic mass is 79.9. The molecule has 0 bridgehead atoms. The molecule has 3 aliphatic rings. The van der Waals surface area contributed by atoms with Crippen molar-refractivity contribution in [2.24, 2.45) is 0 Å². The Morgan fingerprint density at radius 3 is 2.08 bits per heavy atom. The summed E-state index contributed by atoms with van der Waals surface area (Å²) in [4.78, 5) is 50.6. The Hall–Kier alpha value is -3.93. The van der Waals surface area contributed by atoms with E-state index in [-0.39, 0.29) is 43.0 Å². The number of nitrogens with zero attached hydrogens (tertiary/aromatic N) is 4. The average Bonchev–Trinajstić information content (AvgIpc) is 3.44. The summed E-state index contributed by atoms with van der Waals surface area (Å²) in [6.07, 6.45) is 0.674. The average molecular weight is 867 g/mol. The third-order valence-electron chi connectivity index (χ3n) is 9.21. The lowest BCUT2D eigenvalue weighted by Crippen LogP contribution is -2.59. The largest absolute Gasteiger partial charge is 0.503 e. The van der Waals surface area contributed by atoms with Gasteiger partial charge in [-0.15, -0.1) is 23.2 Å². The SMILES string of the molecule is COc1cc(C2C3=CCn4c(=O)n(-c5ccccc5)c(=O)n4C3CC3(Cl)C(=O)N(c4c(F)c(F)c(F)c(F)c4F)C(=O)C23Cl)c(Br)c(Br)c1O. The van der Waals surface area contributed by atoms with Gasteiger partial charge in [-0.05, 0) is 61.2 Å². The van der Waals surface area contributed by atoms with Crippen LogP contribution < -0.4 is 21.0 Å². The van der Waals surface area contributed by atoms with Crippen LogP contribution >= 0.6 is 55.1 Å². The van der Waals surface area contributed by atoms with E-state index in [0.717, 1.165) is 13.9 Å². The monoisotopic (exact) mass is 864 g/mol. The minimum Gasteiger partial charge on any atom is -0.503 e. The van der Waals surface area contributed by atoms with Crippen LogP contribution in [0.15, 0.2) is 66.6 Å². The van der Waals surface area contributed by atoms with Gasteiger partial charge in [-0.2, -0.15) is 0 Å². The maximum atomic E-state index is 15.3. The fourth-order valence-corrected chi connectivity index (χ4v) is 8.81. The number of phenolic OH excluding ortho intramolecular Hbond substituents is 1. The first-order valence-electron chi connectivity index (χ1n) is 14.3. The molecule has 1 aromatic heterocycles. The van der Waals surface area contributed by atoms with E-state index < -0.39 is 91.8 Å². The van der Waals surface area contributed by atoms with E-state index in [0.29, 0.717) is 0 Å². The molecular weight excluding hydrogens is 850 g/mol. The molecule has 50 heavy (non-hydrogen) atoms. The summed E-state index contributed by atoms with van der Waals surface area (Å²) in [5, 5.41) is 10.7. The number of rotatable bonds is 4. The van der Waals surface area contributed by atoms with Gasteiger partial charge in [0.25, 0.3) is 11.8 Å². The van der Waals surface area contributed by atoms with Gasteiger partial charge in [-0.25, -0.2) is 50.4 Å². The molecule has 1 saturated heterocycles. The molecule has 10 nitrogen and oxygen atoms in total. The highest BCUT2D eigenvalue weighted by Gasteiger charge is 2.76. The zero-order valence-electron chi connectivity index (χ0n) is 24.8. The number of imide groups is 1. The first-order chi connectivity index (χ1) is 23.5. The fourth-order valence-electron chi connectivity index (χ4n) is 6.95. The van der Waals surface area contributed by atoms with Crippen molar-refractivity contribution in [3.63, 3.8) is 0 Å². The molecule has 7 rings (SSSR count). The molecule has 19 heteroatoms. The van der Waals surface area contributed by atoms with Crippen LogP contribution in [-0.4, -0.2) is 47.7 Å². The molecule has 260 valence electrons. The minimum atomic E-state index is -2.80. The molecule has 1 aliphatic carbocycles. The van der Waals surface area contributed by atoms with Gasteiger partial charge in [0.05, 0.1) is 29.9 Å². The number of para-hydroxylation sites is 1. The van der Waals surface area contributed by atoms with Crippen molar-refractivity contribution in [3.8, 4) is 17.2 Å². The number of ether oxygens (including phenoxy) is 1. The Morgan fingerprint density at radius 1 is 0.880 bits per heavy atom. The molecule has 4 atom stereocenters. The van der Waals surface area contributed by atoms with Gasteiger partial charge in [0, 0.05) is 16.8 Å². The molecule has 1 N–H and O–H groups in total. The van der Waals surface area contributed by atoms with Gasteiger partial charge in [0.15, 0.2) is 44.5 Å². The van der Waals surface area contributed by atoms with Gasteiger partial charge in [0.1, 0.15) is 5.69 Å². The number of carbonyl (C=O) groups is 2. The lowest BCUT2D eigenvalue weighted by Gasteiger charge is -2.49. The van der Waals surface area contributed by atoms with E-state index in [1.165, 1.54) is 31.4 Å². The summed E-state index contributed by atoms with van der Waals surface area (Å²) in [5.74, 6) is -18.0. The summed E-state index contributed by atoms with van der Waals surface area (Å²) in [6.45, 7) is -0.282. The molecule has 2 aliphatic heterocycles. The van der Waals surface area contributed by atoms with Crippen LogP contribution in [0.5, 0.6) is 11.5 Å². The molecule has 3 aromatic carbocycles. The Bertz CT molecular complexity index is 2340. The van der Waals surface area contributed by atoms with E-state index in [9.17, 15) is 37.5 Å². The summed E-state index contributed by atoms with van der Waals surface area (Å²) >= 11 is 20.8. The summed E-state index contributed by atoms with van der Waals surface area (Å²) in [7, 11) is 1.20. The molecule has 4 aromatic rings. The predicted octanol–water partition coefficient (Wildman–Crippen LogP) is 5.93. The Morgan fingerprint density at radius 2 is 1.48 bits per heavy atom. The van der Waals surface area contributed by atoms with E-state index in [1.807, 2.05) is 0 Å². The van der Waals surface area contributed by atoms with Crippen molar-refractivity contribution in [2.45, 2.75) is 34.7 Å². The van der Waals surface area contributed by atoms with E-state index in [4.69, 9.17) is 27.9 Å². The highest BCUT2D eigenvalue weighted by molar-refractivity contribution is 9.13. The number of hydrogen-bond acceptors (Lipinski definition) is 6. The van der Waals surface area contributed by atoms with Crippen LogP contribution in [0.4, 0.5) is 27.6 Å². The Balaban J connectivity index is 1.54. The number of alkyl halides is 2. The number of carbonyl (C=O) groups excluding carboxylic acids is 2. The van der Waals surface area contributed by atoms with Gasteiger partial charge >= 0.3 is 11.4 Å². The first kappa shape index (κ1) is 34.5. The number of benzene rings is 3. The second-order valence-corrected chi connectivity index (χ2v) is 14.4. The Labute approximate surface area is 303 Å². The van der Waals surface area contributed by atoms with Crippen molar-refractivity contribution < 1.29 is 41.4 Å². The summed E-state index contributed by atoms with van der Waals surface area (Å²) in [5.41, 5.74) is -3.30. The molecule has 2 fully saturated rings. The predicted molar refractivity (Wildman–Crippen MR) is 175 cm³/mol. The molecule has 0 radical (unpaired) electrons. The number of hydrogen-bond donors (Lipinski definition) is 1. The topological polar surface area (TPSA) is 116 Å². The molecule has 2 amide bonds. The quantitative estimate of drug-likeness (QED) is 0.0680. The number of phenols is 1. The summed E-state index contributed by atoms with van der Waals surface area (Å²) < 4.78 is 81.6. The zero-order chi connectivity index (χ0) is 36.4. The van der Waals surface area contributed by atoms with Gasteiger partial charge < -0.3 is 9.84 Å². The van der Waals surface area contributed by atoms with Crippen molar-refractivity contribution in [3.05, 3.63) is 113 Å². The maximum absolute atomic E-state index is 15.3. The molecule has 0 spiro atoms. The normalized spacial score (nSPS) is 24.2. The van der Waals surface area contributed by atoms with Crippen molar-refractivity contribution in [1.29, 1.82) is 0 Å². The van der Waals surface area contributed by atoms with Crippen molar-refractivity contribution >= 4 is 72.6 Å². The van der Waals surface area contributed by atoms with Gasteiger partial charge in [-0.3, -0.25) is 9.59 Å². The van der Waals surface area contributed by atoms with Crippen LogP contribution in [0.25, 0.3) is 5.69 Å². The van der Waals surface area contributed by atoms with Gasteiger partial charge in [-0.1, -0.05) is 24.3 Å². The smallest absolute Gasteiger partial charge is 0.352 e. The number of anilines is 1. The zero-order valence-corrected chi connectivity index (χ0v) is 29.5. The van der Waals surface area contributed by atoms with Crippen molar-refractivity contribution in [1.82, 2.24) is 13.9 Å². The number of fused-ring (bicyclic) bond motifs is 4. The second kappa shape index (κ2) is 11.5. The molecule has 4 unspecified atom stereocenters. The maximum Gasteiger partial charge on any atom is 0.352 e. The number of aromatic hydroxyl groups is 1. The first-order valence-corrected chi connectivity index (χ1v) is 16.6. The van der Waals surface area contributed by atoms with Gasteiger partial charge in [0.2, 0.25) is 5.82 Å². The lowest BCUT2D eigenvalue weighted by atomic mass is 9.64. The number of aromatic nitrogens is 3. The lowest BCUT2D eigenvalue weighted by molar-refractivity contribution is -0.122. The fraction of sp³-hybridized carbons (Fsp3) is 0.226. The van der Waals surface area contributed by atoms with E-state index in [1.54, 1.807) is 18.2 Å². The number of halogens is 9. The Kier molecular flexibility index (Phi) is 7.97. The van der Waals surface area contributed by atoms with Crippen molar-refractivity contribution in [2.75, 3.05) is 12.0 Å². The molecular formula is C31H17Br2Cl2F5N4O6. The number of allylic oxidation sites excluding steroid dienone is 2. The van der Waals surface area contributed by atoms with Crippen LogP contribution in [0.3, 0.4) is 0 Å². The van der Waals surface area contributed by atoms with E-state index >= 15 is 8.78 Å². The molecule has 1 saturated carbocycles. The van der Waals surface area contributed by atoms with Crippen LogP contribution in [0.2, 0.25) is 0 Å². The van der Waals surface area contributed by atoms with Crippen LogP contribution in [-0.2, 0) is 16.1 Å². The van der Waals surface area contributed by atoms with Crippen LogP contribution in [0.1, 0.15) is 23.9 Å². The number of amides is 2. The van der Waals surface area contributed by atoms with Crippen LogP contribution in [0, 0.1) is 29.1 Å². The number of methoxy groups -OCH3 is 1. The highest BCUT2D eigenvalue weighted by Crippen LogP contribution is 2.65. The third-order valence-corrected chi connectivity index (χ3v) is 12.8. The third kappa shape index (κ3) is 4.23.